The lowest BCUT2D eigenvalue weighted by Gasteiger charge is -2.33. The van der Waals surface area contributed by atoms with E-state index in [1.807, 2.05) is 0 Å². The van der Waals surface area contributed by atoms with E-state index in [2.05, 4.69) is 0 Å². The minimum Gasteiger partial charge on any atom is -0.387 e. The molecule has 1 rings (SSSR count). The zero-order valence-corrected chi connectivity index (χ0v) is 11.3. The quantitative estimate of drug-likeness (QED) is 0.554. The summed E-state index contributed by atoms with van der Waals surface area (Å²) in [5.74, 6) is -0.126. The molecule has 0 saturated carbocycles. The lowest BCUT2D eigenvalue weighted by atomic mass is 10.2. The highest BCUT2D eigenvalue weighted by molar-refractivity contribution is 7.86. The molecule has 1 heterocycles. The standard InChI is InChI=1S/C10H22N4O2S/c1-9(2)14(8-10(11)12)17(15,16)13-6-4-3-5-7-13/h9H,3-8H2,1-2H3,(H3,11,12). The number of piperidine rings is 1. The predicted octanol–water partition coefficient (Wildman–Crippen LogP) is 0.363. The highest BCUT2D eigenvalue weighted by Gasteiger charge is 2.32. The average Bonchev–Trinajstić information content (AvgIpc) is 2.26. The molecule has 17 heavy (non-hydrogen) atoms. The van der Waals surface area contributed by atoms with Crippen molar-refractivity contribution in [3.63, 3.8) is 0 Å². The highest BCUT2D eigenvalue weighted by atomic mass is 32.2. The summed E-state index contributed by atoms with van der Waals surface area (Å²) in [7, 11) is -3.47. The number of rotatable bonds is 5. The van der Waals surface area contributed by atoms with E-state index in [0.717, 1.165) is 19.3 Å². The summed E-state index contributed by atoms with van der Waals surface area (Å²) in [4.78, 5) is 0. The number of hydrogen-bond donors (Lipinski definition) is 2. The molecular formula is C10H22N4O2S. The molecule has 1 saturated heterocycles. The lowest BCUT2D eigenvalue weighted by Crippen LogP contribution is -2.51. The van der Waals surface area contributed by atoms with E-state index in [9.17, 15) is 8.42 Å². The highest BCUT2D eigenvalue weighted by Crippen LogP contribution is 2.18. The van der Waals surface area contributed by atoms with Crippen molar-refractivity contribution in [1.29, 1.82) is 5.41 Å². The molecule has 0 unspecified atom stereocenters. The number of amidine groups is 1. The first-order chi connectivity index (χ1) is 7.85. The molecule has 3 N–H and O–H groups in total. The number of nitrogens with zero attached hydrogens (tertiary/aromatic N) is 2. The largest absolute Gasteiger partial charge is 0.387 e. The zero-order valence-electron chi connectivity index (χ0n) is 10.5. The Labute approximate surface area is 103 Å². The van der Waals surface area contributed by atoms with E-state index in [0.29, 0.717) is 13.1 Å². The number of nitrogens with two attached hydrogens (primary N) is 1. The van der Waals surface area contributed by atoms with E-state index >= 15 is 0 Å². The monoisotopic (exact) mass is 262 g/mol. The summed E-state index contributed by atoms with van der Waals surface area (Å²) in [5, 5.41) is 7.27. The maximum atomic E-state index is 12.4. The van der Waals surface area contributed by atoms with Gasteiger partial charge in [0.2, 0.25) is 0 Å². The van der Waals surface area contributed by atoms with Gasteiger partial charge in [-0.2, -0.15) is 17.0 Å². The van der Waals surface area contributed by atoms with Gasteiger partial charge in [0.15, 0.2) is 0 Å². The molecule has 6 nitrogen and oxygen atoms in total. The van der Waals surface area contributed by atoms with Gasteiger partial charge in [-0.25, -0.2) is 0 Å². The molecule has 0 atom stereocenters. The summed E-state index contributed by atoms with van der Waals surface area (Å²) in [6.45, 7) is 4.71. The van der Waals surface area contributed by atoms with Gasteiger partial charge < -0.3 is 5.73 Å². The van der Waals surface area contributed by atoms with Crippen molar-refractivity contribution in [2.75, 3.05) is 19.6 Å². The van der Waals surface area contributed by atoms with Crippen molar-refractivity contribution in [2.24, 2.45) is 5.73 Å². The van der Waals surface area contributed by atoms with Gasteiger partial charge in [-0.3, -0.25) is 5.41 Å². The lowest BCUT2D eigenvalue weighted by molar-refractivity contribution is 0.294. The fourth-order valence-electron chi connectivity index (χ4n) is 1.94. The molecule has 0 spiro atoms. The second kappa shape index (κ2) is 5.79. The number of nitrogens with one attached hydrogen (secondary N) is 1. The van der Waals surface area contributed by atoms with Crippen LogP contribution in [-0.4, -0.2) is 48.5 Å². The van der Waals surface area contributed by atoms with Gasteiger partial charge in [0.05, 0.1) is 6.54 Å². The molecule has 1 aliphatic heterocycles. The molecule has 0 amide bonds. The van der Waals surface area contributed by atoms with E-state index in [4.69, 9.17) is 11.1 Å². The Morgan fingerprint density at radius 1 is 1.35 bits per heavy atom. The third-order valence-electron chi connectivity index (χ3n) is 2.84. The van der Waals surface area contributed by atoms with Crippen LogP contribution in [0.3, 0.4) is 0 Å². The summed E-state index contributed by atoms with van der Waals surface area (Å²) in [5.41, 5.74) is 5.32. The van der Waals surface area contributed by atoms with Gasteiger partial charge in [-0.05, 0) is 26.7 Å². The SMILES string of the molecule is CC(C)N(CC(=N)N)S(=O)(=O)N1CCCCC1. The van der Waals surface area contributed by atoms with Crippen LogP contribution in [0, 0.1) is 5.41 Å². The summed E-state index contributed by atoms with van der Waals surface area (Å²) in [6.07, 6.45) is 2.90. The third-order valence-corrected chi connectivity index (χ3v) is 5.00. The van der Waals surface area contributed by atoms with Crippen LogP contribution >= 0.6 is 0 Å². The summed E-state index contributed by atoms with van der Waals surface area (Å²) in [6, 6.07) is -0.189. The van der Waals surface area contributed by atoms with Crippen molar-refractivity contribution in [3.8, 4) is 0 Å². The van der Waals surface area contributed by atoms with E-state index in [-0.39, 0.29) is 18.4 Å². The maximum Gasteiger partial charge on any atom is 0.282 e. The molecule has 0 aliphatic carbocycles. The first-order valence-electron chi connectivity index (χ1n) is 5.95. The second-order valence-electron chi connectivity index (χ2n) is 4.63. The summed E-state index contributed by atoms with van der Waals surface area (Å²) >= 11 is 0. The van der Waals surface area contributed by atoms with Crippen molar-refractivity contribution in [2.45, 2.75) is 39.2 Å². The molecule has 0 bridgehead atoms. The van der Waals surface area contributed by atoms with Gasteiger partial charge in [-0.15, -0.1) is 0 Å². The van der Waals surface area contributed by atoms with Crippen LogP contribution in [0.15, 0.2) is 0 Å². The van der Waals surface area contributed by atoms with Gasteiger partial charge in [0.1, 0.15) is 5.84 Å². The Hall–Kier alpha value is -0.660. The maximum absolute atomic E-state index is 12.4. The van der Waals surface area contributed by atoms with Crippen LogP contribution < -0.4 is 5.73 Å². The Balaban J connectivity index is 2.86. The second-order valence-corrected chi connectivity index (χ2v) is 6.51. The Kier molecular flexibility index (Phi) is 4.91. The fourth-order valence-corrected chi connectivity index (χ4v) is 3.79. The summed E-state index contributed by atoms with van der Waals surface area (Å²) < 4.78 is 27.5. The molecule has 0 aromatic heterocycles. The topological polar surface area (TPSA) is 90.5 Å². The smallest absolute Gasteiger partial charge is 0.282 e. The normalized spacial score (nSPS) is 18.8. The third kappa shape index (κ3) is 3.65. The van der Waals surface area contributed by atoms with Crippen LogP contribution in [0.4, 0.5) is 0 Å². The van der Waals surface area contributed by atoms with E-state index in [1.54, 1.807) is 13.8 Å². The predicted molar refractivity (Wildman–Crippen MR) is 68.1 cm³/mol. The molecule has 1 aliphatic rings. The van der Waals surface area contributed by atoms with Crippen LogP contribution in [0.2, 0.25) is 0 Å². The Bertz CT molecular complexity index is 361. The molecule has 0 aromatic rings. The van der Waals surface area contributed by atoms with Crippen molar-refractivity contribution in [1.82, 2.24) is 8.61 Å². The van der Waals surface area contributed by atoms with Gasteiger partial charge in [-0.1, -0.05) is 6.42 Å². The molecule has 0 aromatic carbocycles. The van der Waals surface area contributed by atoms with Crippen LogP contribution in [0.1, 0.15) is 33.1 Å². The fraction of sp³-hybridized carbons (Fsp3) is 0.900. The minimum atomic E-state index is -3.47. The van der Waals surface area contributed by atoms with Crippen LogP contribution in [-0.2, 0) is 10.2 Å². The van der Waals surface area contributed by atoms with Crippen molar-refractivity contribution >= 4 is 16.0 Å². The molecule has 1 fully saturated rings. The van der Waals surface area contributed by atoms with E-state index < -0.39 is 10.2 Å². The van der Waals surface area contributed by atoms with Crippen molar-refractivity contribution < 1.29 is 8.42 Å². The first-order valence-corrected chi connectivity index (χ1v) is 7.35. The van der Waals surface area contributed by atoms with Gasteiger partial charge in [0.25, 0.3) is 10.2 Å². The van der Waals surface area contributed by atoms with Crippen LogP contribution in [0.25, 0.3) is 0 Å². The number of hydrogen-bond acceptors (Lipinski definition) is 3. The van der Waals surface area contributed by atoms with Crippen molar-refractivity contribution in [3.05, 3.63) is 0 Å². The van der Waals surface area contributed by atoms with Gasteiger partial charge in [0, 0.05) is 19.1 Å². The minimum absolute atomic E-state index is 0.0312. The average molecular weight is 262 g/mol. The molecule has 0 radical (unpaired) electrons. The molecule has 7 heteroatoms. The Morgan fingerprint density at radius 3 is 2.29 bits per heavy atom. The zero-order chi connectivity index (χ0) is 13.1. The van der Waals surface area contributed by atoms with Crippen LogP contribution in [0.5, 0.6) is 0 Å². The molecular weight excluding hydrogens is 240 g/mol. The van der Waals surface area contributed by atoms with Gasteiger partial charge >= 0.3 is 0 Å². The molecule has 100 valence electrons. The van der Waals surface area contributed by atoms with E-state index in [1.165, 1.54) is 8.61 Å². The Morgan fingerprint density at radius 2 is 1.88 bits per heavy atom. The first kappa shape index (κ1) is 14.4.